The van der Waals surface area contributed by atoms with Gasteiger partial charge in [0.2, 0.25) is 0 Å². The average molecular weight is 230 g/mol. The van der Waals surface area contributed by atoms with Gasteiger partial charge >= 0.3 is 7.82 Å². The first-order chi connectivity index (χ1) is 6.12. The summed E-state index contributed by atoms with van der Waals surface area (Å²) in [5, 5.41) is 2.97. The Morgan fingerprint density at radius 1 is 1.54 bits per heavy atom. The SMILES string of the molecule is NCCCNCCOP(=O)(O)OS. The van der Waals surface area contributed by atoms with Gasteiger partial charge in [-0.05, 0) is 32.4 Å². The number of phosphoric acid groups is 1. The number of rotatable bonds is 8. The minimum atomic E-state index is -3.93. The molecule has 0 aromatic carbocycles. The molecule has 0 amide bonds. The quantitative estimate of drug-likeness (QED) is 0.201. The number of phosphoric ester groups is 1. The van der Waals surface area contributed by atoms with Crippen molar-refractivity contribution in [3.63, 3.8) is 0 Å². The molecule has 0 saturated carbocycles. The van der Waals surface area contributed by atoms with Gasteiger partial charge in [-0.1, -0.05) is 0 Å². The molecule has 0 heterocycles. The van der Waals surface area contributed by atoms with Crippen molar-refractivity contribution < 1.29 is 18.0 Å². The topological polar surface area (TPSA) is 93.8 Å². The molecule has 6 nitrogen and oxygen atoms in total. The monoisotopic (exact) mass is 230 g/mol. The van der Waals surface area contributed by atoms with Crippen molar-refractivity contribution in [1.82, 2.24) is 5.32 Å². The lowest BCUT2D eigenvalue weighted by Crippen LogP contribution is -2.22. The molecule has 1 atom stereocenters. The third-order valence-corrected chi connectivity index (χ3v) is 2.53. The summed E-state index contributed by atoms with van der Waals surface area (Å²) in [7, 11) is -3.93. The summed E-state index contributed by atoms with van der Waals surface area (Å²) in [5.41, 5.74) is 5.25. The maximum Gasteiger partial charge on any atom is 0.483 e. The summed E-state index contributed by atoms with van der Waals surface area (Å²) < 4.78 is 19.0. The van der Waals surface area contributed by atoms with E-state index in [0.29, 0.717) is 13.1 Å². The van der Waals surface area contributed by atoms with Crippen molar-refractivity contribution in [2.24, 2.45) is 5.73 Å². The van der Waals surface area contributed by atoms with Crippen LogP contribution in [0.15, 0.2) is 0 Å². The molecular weight excluding hydrogens is 215 g/mol. The Balaban J connectivity index is 3.21. The molecule has 0 rings (SSSR count). The minimum absolute atomic E-state index is 0.0961. The van der Waals surface area contributed by atoms with Crippen LogP contribution in [0.1, 0.15) is 6.42 Å². The Kier molecular flexibility index (Phi) is 7.98. The van der Waals surface area contributed by atoms with Gasteiger partial charge in [0.15, 0.2) is 0 Å². The second-order valence-corrected chi connectivity index (χ2v) is 4.12. The standard InChI is InChI=1S/C5H15N2O4PS/c6-2-1-3-7-4-5-10-12(8,9)11-13/h7,13H,1-6H2,(H,8,9). The van der Waals surface area contributed by atoms with Crippen LogP contribution in [-0.2, 0) is 13.1 Å². The normalized spacial score (nSPS) is 15.6. The molecule has 80 valence electrons. The lowest BCUT2D eigenvalue weighted by Gasteiger charge is -2.08. The van der Waals surface area contributed by atoms with E-state index in [1.54, 1.807) is 0 Å². The number of hydrogen-bond acceptors (Lipinski definition) is 6. The molecule has 13 heavy (non-hydrogen) atoms. The largest absolute Gasteiger partial charge is 0.483 e. The van der Waals surface area contributed by atoms with Gasteiger partial charge in [-0.2, -0.15) is 0 Å². The van der Waals surface area contributed by atoms with Crippen molar-refractivity contribution in [3.05, 3.63) is 0 Å². The van der Waals surface area contributed by atoms with Gasteiger partial charge in [0, 0.05) is 6.54 Å². The fourth-order valence-corrected chi connectivity index (χ4v) is 1.12. The van der Waals surface area contributed by atoms with Crippen LogP contribution in [0.25, 0.3) is 0 Å². The number of thiol groups is 1. The van der Waals surface area contributed by atoms with Crippen LogP contribution >= 0.6 is 20.7 Å². The second-order valence-electron chi connectivity index (χ2n) is 2.28. The molecule has 4 N–H and O–H groups in total. The molecule has 0 radical (unpaired) electrons. The van der Waals surface area contributed by atoms with Gasteiger partial charge in [-0.25, -0.2) is 8.54 Å². The number of nitrogens with one attached hydrogen (secondary N) is 1. The highest BCUT2D eigenvalue weighted by Crippen LogP contribution is 2.43. The van der Waals surface area contributed by atoms with Crippen LogP contribution in [0.4, 0.5) is 0 Å². The van der Waals surface area contributed by atoms with Crippen molar-refractivity contribution in [2.45, 2.75) is 6.42 Å². The third kappa shape index (κ3) is 8.70. The predicted octanol–water partition coefficient (Wildman–Crippen LogP) is -0.0968. The number of hydrogen-bond donors (Lipinski definition) is 4. The third-order valence-electron chi connectivity index (χ3n) is 1.19. The molecule has 0 aliphatic heterocycles. The maximum atomic E-state index is 10.7. The van der Waals surface area contributed by atoms with Gasteiger partial charge in [-0.15, -0.1) is 0 Å². The van der Waals surface area contributed by atoms with Crippen LogP contribution in [0.2, 0.25) is 0 Å². The van der Waals surface area contributed by atoms with Crippen LogP contribution in [0.5, 0.6) is 0 Å². The molecule has 0 aromatic rings. The summed E-state index contributed by atoms with van der Waals surface area (Å²) in [4.78, 5) is 8.71. The van der Waals surface area contributed by atoms with Gasteiger partial charge in [-0.3, -0.25) is 4.52 Å². The van der Waals surface area contributed by atoms with Crippen LogP contribution in [-0.4, -0.2) is 31.1 Å². The van der Waals surface area contributed by atoms with E-state index in [9.17, 15) is 4.57 Å². The maximum absolute atomic E-state index is 10.7. The van der Waals surface area contributed by atoms with Crippen molar-refractivity contribution in [1.29, 1.82) is 0 Å². The van der Waals surface area contributed by atoms with Gasteiger partial charge in [0.05, 0.1) is 6.61 Å². The first-order valence-corrected chi connectivity index (χ1v) is 5.69. The summed E-state index contributed by atoms with van der Waals surface area (Å²) in [5.74, 6) is 0. The van der Waals surface area contributed by atoms with Gasteiger partial charge in [0.1, 0.15) is 0 Å². The zero-order valence-corrected chi connectivity index (χ0v) is 8.97. The van der Waals surface area contributed by atoms with E-state index >= 15 is 0 Å². The summed E-state index contributed by atoms with van der Waals surface area (Å²) >= 11 is 3.18. The number of nitrogens with two attached hydrogens (primary N) is 1. The molecule has 0 aromatic heterocycles. The van der Waals surface area contributed by atoms with Crippen LogP contribution < -0.4 is 11.1 Å². The first-order valence-electron chi connectivity index (χ1n) is 3.83. The molecule has 1 unspecified atom stereocenters. The predicted molar refractivity (Wildman–Crippen MR) is 52.4 cm³/mol. The fourth-order valence-electron chi connectivity index (χ4n) is 0.609. The highest BCUT2D eigenvalue weighted by atomic mass is 32.1. The molecular formula is C5H15N2O4PS. The zero-order valence-electron chi connectivity index (χ0n) is 7.18. The molecule has 0 spiro atoms. The molecule has 0 aliphatic rings. The molecule has 0 saturated heterocycles. The Bertz CT molecular complexity index is 171. The summed E-state index contributed by atoms with van der Waals surface area (Å²) in [6.07, 6.45) is 0.861. The Morgan fingerprint density at radius 3 is 2.77 bits per heavy atom. The van der Waals surface area contributed by atoms with E-state index in [1.807, 2.05) is 0 Å². The molecule has 0 bridgehead atoms. The zero-order chi connectivity index (χ0) is 10.2. The van der Waals surface area contributed by atoms with E-state index in [0.717, 1.165) is 13.0 Å². The van der Waals surface area contributed by atoms with Gasteiger partial charge in [0.25, 0.3) is 0 Å². The summed E-state index contributed by atoms with van der Waals surface area (Å²) in [6, 6.07) is 0. The minimum Gasteiger partial charge on any atom is -0.330 e. The Morgan fingerprint density at radius 2 is 2.23 bits per heavy atom. The highest BCUT2D eigenvalue weighted by Gasteiger charge is 2.18. The smallest absolute Gasteiger partial charge is 0.330 e. The van der Waals surface area contributed by atoms with Crippen molar-refractivity contribution in [3.8, 4) is 0 Å². The fraction of sp³-hybridized carbons (Fsp3) is 1.00. The van der Waals surface area contributed by atoms with E-state index in [2.05, 4.69) is 26.7 Å². The second kappa shape index (κ2) is 7.75. The molecule has 0 aliphatic carbocycles. The van der Waals surface area contributed by atoms with E-state index in [-0.39, 0.29) is 6.61 Å². The van der Waals surface area contributed by atoms with Crippen molar-refractivity contribution >= 4 is 20.7 Å². The molecule has 0 fully saturated rings. The van der Waals surface area contributed by atoms with Gasteiger partial charge < -0.3 is 15.9 Å². The van der Waals surface area contributed by atoms with E-state index in [4.69, 9.17) is 10.6 Å². The lowest BCUT2D eigenvalue weighted by atomic mass is 10.4. The highest BCUT2D eigenvalue weighted by molar-refractivity contribution is 7.80. The molecule has 8 heteroatoms. The Hall–Kier alpha value is 0.380. The van der Waals surface area contributed by atoms with Crippen LogP contribution in [0, 0.1) is 0 Å². The van der Waals surface area contributed by atoms with E-state index < -0.39 is 7.82 Å². The van der Waals surface area contributed by atoms with Crippen molar-refractivity contribution in [2.75, 3.05) is 26.2 Å². The Labute approximate surface area is 83.0 Å². The van der Waals surface area contributed by atoms with Crippen LogP contribution in [0.3, 0.4) is 0 Å². The lowest BCUT2D eigenvalue weighted by molar-refractivity contribution is 0.213. The average Bonchev–Trinajstić information content (AvgIpc) is 2.11. The van der Waals surface area contributed by atoms with E-state index in [1.165, 1.54) is 0 Å². The summed E-state index contributed by atoms with van der Waals surface area (Å²) in [6.45, 7) is 1.95. The first kappa shape index (κ1) is 13.4.